The molecule has 1 saturated heterocycles. The largest absolute Gasteiger partial charge is 0.490 e. The predicted molar refractivity (Wildman–Crippen MR) is 78.4 cm³/mol. The first kappa shape index (κ1) is 14.2. The van der Waals surface area contributed by atoms with E-state index in [4.69, 9.17) is 9.84 Å². The summed E-state index contributed by atoms with van der Waals surface area (Å²) in [6.07, 6.45) is 4.06. The van der Waals surface area contributed by atoms with Crippen LogP contribution in [0.4, 0.5) is 0 Å². The third-order valence-corrected chi connectivity index (χ3v) is 5.32. The number of pyridine rings is 1. The van der Waals surface area contributed by atoms with Crippen LogP contribution in [-0.4, -0.2) is 47.2 Å². The minimum absolute atomic E-state index is 0.0544. The molecule has 0 aromatic carbocycles. The van der Waals surface area contributed by atoms with E-state index >= 15 is 0 Å². The van der Waals surface area contributed by atoms with Gasteiger partial charge in [0.25, 0.3) is 0 Å². The van der Waals surface area contributed by atoms with Crippen molar-refractivity contribution in [3.05, 3.63) is 30.2 Å². The van der Waals surface area contributed by atoms with Crippen LogP contribution in [0.25, 0.3) is 5.65 Å². The number of carboxylic acid groups (broad SMARTS) is 1. The Hall–Kier alpha value is -1.77. The highest BCUT2D eigenvalue weighted by Crippen LogP contribution is 2.44. The van der Waals surface area contributed by atoms with E-state index in [0.29, 0.717) is 35.7 Å². The lowest BCUT2D eigenvalue weighted by atomic mass is 10.2. The highest BCUT2D eigenvalue weighted by Gasteiger charge is 2.25. The van der Waals surface area contributed by atoms with Crippen molar-refractivity contribution in [2.45, 2.75) is 18.9 Å². The molecule has 0 bridgehead atoms. The Morgan fingerprint density at radius 3 is 2.76 bits per heavy atom. The van der Waals surface area contributed by atoms with Crippen LogP contribution in [0.1, 0.15) is 23.3 Å². The van der Waals surface area contributed by atoms with Crippen LogP contribution in [-0.2, 0) is 0 Å². The fourth-order valence-electron chi connectivity index (χ4n) is 2.39. The van der Waals surface area contributed by atoms with Gasteiger partial charge < -0.3 is 9.84 Å². The van der Waals surface area contributed by atoms with E-state index in [2.05, 4.69) is 4.98 Å². The summed E-state index contributed by atoms with van der Waals surface area (Å²) < 4.78 is 26.4. The fourth-order valence-corrected chi connectivity index (χ4v) is 3.88. The molecule has 3 N–H and O–H groups in total. The molecule has 0 saturated carbocycles. The molecule has 1 fully saturated rings. The quantitative estimate of drug-likeness (QED) is 0.803. The second-order valence-corrected chi connectivity index (χ2v) is 7.49. The van der Waals surface area contributed by atoms with E-state index in [1.54, 1.807) is 18.3 Å². The van der Waals surface area contributed by atoms with E-state index in [9.17, 15) is 13.9 Å². The molecule has 21 heavy (non-hydrogen) atoms. The Morgan fingerprint density at radius 1 is 1.38 bits per heavy atom. The Bertz CT molecular complexity index is 674. The molecule has 0 unspecified atom stereocenters. The molecule has 114 valence electrons. The van der Waals surface area contributed by atoms with E-state index in [1.165, 1.54) is 10.6 Å². The van der Waals surface area contributed by atoms with Crippen LogP contribution in [0.3, 0.4) is 0 Å². The zero-order valence-electron chi connectivity index (χ0n) is 11.2. The molecule has 8 heteroatoms. The molecule has 7 nitrogen and oxygen atoms in total. The first-order valence-corrected chi connectivity index (χ1v) is 8.44. The highest BCUT2D eigenvalue weighted by atomic mass is 32.3. The number of carbonyl (C=O) groups is 1. The number of hydrogen-bond donors (Lipinski definition) is 3. The summed E-state index contributed by atoms with van der Waals surface area (Å²) in [6.45, 7) is 0. The molecular weight excluding hydrogens is 296 g/mol. The summed E-state index contributed by atoms with van der Waals surface area (Å²) in [5.74, 6) is 0.306. The lowest BCUT2D eigenvalue weighted by Gasteiger charge is -2.39. The first-order valence-electron chi connectivity index (χ1n) is 6.55. The zero-order valence-corrected chi connectivity index (χ0v) is 12.0. The van der Waals surface area contributed by atoms with Gasteiger partial charge in [-0.15, -0.1) is 0 Å². The van der Waals surface area contributed by atoms with E-state index < -0.39 is 16.6 Å². The molecule has 0 aliphatic carbocycles. The van der Waals surface area contributed by atoms with Gasteiger partial charge in [0.2, 0.25) is 0 Å². The summed E-state index contributed by atoms with van der Waals surface area (Å²) in [6, 6.07) is 3.37. The molecule has 0 radical (unpaired) electrons. The van der Waals surface area contributed by atoms with Crippen molar-refractivity contribution in [1.29, 1.82) is 0 Å². The molecule has 2 aromatic heterocycles. The third kappa shape index (κ3) is 2.97. The number of hydrogen-bond acceptors (Lipinski definition) is 5. The molecular formula is C13H16N2O5S. The topological polar surface area (TPSA) is 104 Å². The van der Waals surface area contributed by atoms with Gasteiger partial charge in [-0.1, -0.05) is 0 Å². The van der Waals surface area contributed by atoms with Gasteiger partial charge in [-0.3, -0.25) is 13.5 Å². The lowest BCUT2D eigenvalue weighted by molar-refractivity contribution is 0.0689. The molecule has 1 aliphatic heterocycles. The predicted octanol–water partition coefficient (Wildman–Crippen LogP) is 2.32. The van der Waals surface area contributed by atoms with Crippen LogP contribution in [0.5, 0.6) is 5.75 Å². The number of fused-ring (bicyclic) bond motifs is 1. The molecule has 0 atom stereocenters. The van der Waals surface area contributed by atoms with Crippen molar-refractivity contribution in [3.8, 4) is 5.75 Å². The van der Waals surface area contributed by atoms with Crippen LogP contribution in [0.2, 0.25) is 0 Å². The minimum atomic E-state index is -2.41. The number of ether oxygens (including phenoxy) is 1. The van der Waals surface area contributed by atoms with Gasteiger partial charge in [0.05, 0.1) is 6.20 Å². The normalized spacial score (nSPS) is 20.3. The van der Waals surface area contributed by atoms with Crippen LogP contribution < -0.4 is 4.74 Å². The monoisotopic (exact) mass is 312 g/mol. The average molecular weight is 312 g/mol. The standard InChI is InChI=1S/C13H16N2O5S/c16-13(17)11-8-14-12-7-10(1-4-15(11)12)20-9-2-5-21(18,19)6-3-9/h1,4,7-9,18-19H,2-3,5-6H2,(H,16,17). The maximum absolute atomic E-state index is 11.0. The number of aromatic carboxylic acids is 1. The summed E-state index contributed by atoms with van der Waals surface area (Å²) in [7, 11) is -2.41. The smallest absolute Gasteiger partial charge is 0.354 e. The maximum atomic E-state index is 11.0. The van der Waals surface area contributed by atoms with Crippen molar-refractivity contribution in [2.24, 2.45) is 0 Å². The highest BCUT2D eigenvalue weighted by molar-refractivity contribution is 8.24. The molecule has 1 aliphatic rings. The van der Waals surface area contributed by atoms with Gasteiger partial charge in [0.15, 0.2) is 5.69 Å². The summed E-state index contributed by atoms with van der Waals surface area (Å²) in [5.41, 5.74) is 0.605. The van der Waals surface area contributed by atoms with E-state index in [-0.39, 0.29) is 11.8 Å². The van der Waals surface area contributed by atoms with E-state index in [1.807, 2.05) is 0 Å². The van der Waals surface area contributed by atoms with Gasteiger partial charge in [0.1, 0.15) is 17.5 Å². The summed E-state index contributed by atoms with van der Waals surface area (Å²) >= 11 is 0. The Balaban J connectivity index is 1.75. The van der Waals surface area contributed by atoms with Crippen LogP contribution >= 0.6 is 10.6 Å². The van der Waals surface area contributed by atoms with Gasteiger partial charge in [-0.05, 0) is 6.07 Å². The molecule has 3 rings (SSSR count). The minimum Gasteiger partial charge on any atom is -0.490 e. The van der Waals surface area contributed by atoms with E-state index in [0.717, 1.165) is 0 Å². The zero-order chi connectivity index (χ0) is 15.0. The van der Waals surface area contributed by atoms with Gasteiger partial charge in [-0.2, -0.15) is 10.6 Å². The number of imidazole rings is 1. The van der Waals surface area contributed by atoms with Crippen molar-refractivity contribution in [1.82, 2.24) is 9.38 Å². The first-order chi connectivity index (χ1) is 9.94. The number of rotatable bonds is 3. The maximum Gasteiger partial charge on any atom is 0.354 e. The number of aromatic nitrogens is 2. The van der Waals surface area contributed by atoms with Gasteiger partial charge in [-0.25, -0.2) is 9.78 Å². The Labute approximate surface area is 122 Å². The SMILES string of the molecule is O=C(O)c1cnc2cc(OC3CCS(O)(O)CC3)ccn12. The van der Waals surface area contributed by atoms with Crippen molar-refractivity contribution in [3.63, 3.8) is 0 Å². The Morgan fingerprint density at radius 2 is 2.10 bits per heavy atom. The molecule has 0 amide bonds. The van der Waals surface area contributed by atoms with Gasteiger partial charge >= 0.3 is 5.97 Å². The number of nitrogens with zero attached hydrogens (tertiary/aromatic N) is 2. The average Bonchev–Trinajstić information content (AvgIpc) is 2.84. The Kier molecular flexibility index (Phi) is 3.52. The summed E-state index contributed by atoms with van der Waals surface area (Å²) in [5, 5.41) is 9.01. The van der Waals surface area contributed by atoms with Crippen LogP contribution in [0, 0.1) is 0 Å². The second kappa shape index (κ2) is 5.21. The van der Waals surface area contributed by atoms with Crippen molar-refractivity contribution < 1.29 is 23.7 Å². The molecule has 2 aromatic rings. The van der Waals surface area contributed by atoms with Gasteiger partial charge in [0, 0.05) is 36.6 Å². The number of carboxylic acids is 1. The van der Waals surface area contributed by atoms with Crippen LogP contribution in [0.15, 0.2) is 24.5 Å². The molecule has 0 spiro atoms. The third-order valence-electron chi connectivity index (χ3n) is 3.54. The van der Waals surface area contributed by atoms with Crippen molar-refractivity contribution in [2.75, 3.05) is 11.5 Å². The lowest BCUT2D eigenvalue weighted by Crippen LogP contribution is -2.28. The fraction of sp³-hybridized carbons (Fsp3) is 0.385. The van der Waals surface area contributed by atoms with Crippen molar-refractivity contribution >= 4 is 22.2 Å². The molecule has 3 heterocycles. The second-order valence-electron chi connectivity index (χ2n) is 5.07. The summed E-state index contributed by atoms with van der Waals surface area (Å²) in [4.78, 5) is 15.0.